The number of nitrogen functional groups attached to an aromatic ring is 1. The molecule has 0 fully saturated rings. The van der Waals surface area contributed by atoms with E-state index in [1.165, 1.54) is 36.4 Å². The van der Waals surface area contributed by atoms with Gasteiger partial charge in [0.15, 0.2) is 0 Å². The fraction of sp³-hybridized carbons (Fsp3) is 0. The van der Waals surface area contributed by atoms with Gasteiger partial charge in [-0.25, -0.2) is 12.8 Å². The number of hydrogen-bond donors (Lipinski definition) is 2. The van der Waals surface area contributed by atoms with Crippen LogP contribution in [-0.4, -0.2) is 8.42 Å². The second-order valence-electron chi connectivity index (χ2n) is 3.77. The molecule has 0 bridgehead atoms. The van der Waals surface area contributed by atoms with Crippen molar-refractivity contribution >= 4 is 33.0 Å². The first-order valence-corrected chi connectivity index (χ1v) is 7.08. The molecule has 0 heterocycles. The number of nitrogens with one attached hydrogen (secondary N) is 1. The summed E-state index contributed by atoms with van der Waals surface area (Å²) in [4.78, 5) is -0.191. The maximum atomic E-state index is 13.4. The van der Waals surface area contributed by atoms with Gasteiger partial charge in [0.1, 0.15) is 10.7 Å². The summed E-state index contributed by atoms with van der Waals surface area (Å²) < 4.78 is 39.8. The van der Waals surface area contributed by atoms with Crippen LogP contribution >= 0.6 is 11.6 Å². The van der Waals surface area contributed by atoms with Crippen molar-refractivity contribution in [1.82, 2.24) is 0 Å². The van der Waals surface area contributed by atoms with Gasteiger partial charge in [0.25, 0.3) is 10.0 Å². The highest BCUT2D eigenvalue weighted by Gasteiger charge is 2.19. The summed E-state index contributed by atoms with van der Waals surface area (Å²) >= 11 is 5.74. The van der Waals surface area contributed by atoms with Crippen LogP contribution in [-0.2, 0) is 10.0 Å². The third kappa shape index (κ3) is 2.97. The molecule has 0 spiro atoms. The van der Waals surface area contributed by atoms with Crippen molar-refractivity contribution in [3.05, 3.63) is 53.3 Å². The Morgan fingerprint density at radius 2 is 1.84 bits per heavy atom. The zero-order chi connectivity index (χ0) is 14.0. The minimum absolute atomic E-state index is 0.0354. The molecule has 0 amide bonds. The summed E-state index contributed by atoms with van der Waals surface area (Å²) in [5.74, 6) is -0.674. The van der Waals surface area contributed by atoms with Gasteiger partial charge in [0.2, 0.25) is 0 Å². The van der Waals surface area contributed by atoms with Crippen molar-refractivity contribution in [1.29, 1.82) is 0 Å². The molecule has 0 aliphatic heterocycles. The molecule has 2 rings (SSSR count). The van der Waals surface area contributed by atoms with Gasteiger partial charge in [-0.2, -0.15) is 0 Å². The minimum Gasteiger partial charge on any atom is -0.398 e. The first-order chi connectivity index (χ1) is 8.90. The zero-order valence-corrected chi connectivity index (χ0v) is 11.2. The lowest BCUT2D eigenvalue weighted by Crippen LogP contribution is -2.15. The molecule has 7 heteroatoms. The van der Waals surface area contributed by atoms with Crippen molar-refractivity contribution in [2.75, 3.05) is 10.5 Å². The molecule has 19 heavy (non-hydrogen) atoms. The smallest absolute Gasteiger partial charge is 0.264 e. The first-order valence-electron chi connectivity index (χ1n) is 5.22. The van der Waals surface area contributed by atoms with Crippen LogP contribution in [0, 0.1) is 5.82 Å². The Hall–Kier alpha value is -1.79. The predicted molar refractivity (Wildman–Crippen MR) is 73.1 cm³/mol. The summed E-state index contributed by atoms with van der Waals surface area (Å²) in [7, 11) is -3.99. The van der Waals surface area contributed by atoms with Crippen molar-refractivity contribution < 1.29 is 12.8 Å². The van der Waals surface area contributed by atoms with E-state index in [1.54, 1.807) is 0 Å². The van der Waals surface area contributed by atoms with E-state index in [9.17, 15) is 12.8 Å². The van der Waals surface area contributed by atoms with Crippen molar-refractivity contribution in [3.8, 4) is 0 Å². The summed E-state index contributed by atoms with van der Waals surface area (Å²) in [5.41, 5.74) is 5.48. The normalized spacial score (nSPS) is 11.3. The van der Waals surface area contributed by atoms with E-state index < -0.39 is 15.8 Å². The van der Waals surface area contributed by atoms with Crippen LogP contribution in [0.3, 0.4) is 0 Å². The lowest BCUT2D eigenvalue weighted by atomic mass is 10.3. The number of hydrogen-bond acceptors (Lipinski definition) is 3. The molecule has 0 aliphatic rings. The van der Waals surface area contributed by atoms with Crippen LogP contribution in [0.25, 0.3) is 0 Å². The lowest BCUT2D eigenvalue weighted by Gasteiger charge is -2.11. The van der Waals surface area contributed by atoms with Gasteiger partial charge in [-0.05, 0) is 30.3 Å². The molecule has 2 aromatic rings. The summed E-state index contributed by atoms with van der Waals surface area (Å²) in [6, 6.07) is 9.49. The number of anilines is 2. The third-order valence-electron chi connectivity index (χ3n) is 2.38. The molecule has 0 saturated heterocycles. The Bertz CT molecular complexity index is 719. The summed E-state index contributed by atoms with van der Waals surface area (Å²) in [5, 5.41) is 0.225. The predicted octanol–water partition coefficient (Wildman–Crippen LogP) is 2.86. The number of halogens is 2. The van der Waals surface area contributed by atoms with Crippen LogP contribution in [0.4, 0.5) is 15.8 Å². The van der Waals surface area contributed by atoms with Gasteiger partial charge in [0.05, 0.1) is 11.4 Å². The fourth-order valence-corrected chi connectivity index (χ4v) is 2.95. The molecular formula is C12H10ClFN2O2S. The average Bonchev–Trinajstić information content (AvgIpc) is 2.35. The van der Waals surface area contributed by atoms with E-state index >= 15 is 0 Å². The number of benzene rings is 2. The summed E-state index contributed by atoms with van der Waals surface area (Å²) in [6.07, 6.45) is 0. The first kappa shape index (κ1) is 13.6. The molecule has 4 nitrogen and oxygen atoms in total. The highest BCUT2D eigenvalue weighted by Crippen LogP contribution is 2.25. The van der Waals surface area contributed by atoms with E-state index in [0.29, 0.717) is 0 Å². The SMILES string of the molecule is Nc1ccc(Cl)cc1S(=O)(=O)Nc1ccccc1F. The second kappa shape index (κ2) is 5.07. The van der Waals surface area contributed by atoms with Crippen molar-refractivity contribution in [2.45, 2.75) is 4.90 Å². The average molecular weight is 301 g/mol. The third-order valence-corrected chi connectivity index (χ3v) is 4.04. The standard InChI is InChI=1S/C12H10ClFN2O2S/c13-8-5-6-10(15)12(7-8)19(17,18)16-11-4-2-1-3-9(11)14/h1-7,16H,15H2. The Morgan fingerprint density at radius 3 is 2.53 bits per heavy atom. The van der Waals surface area contributed by atoms with E-state index in [-0.39, 0.29) is 21.3 Å². The highest BCUT2D eigenvalue weighted by atomic mass is 35.5. The van der Waals surface area contributed by atoms with Crippen molar-refractivity contribution in [3.63, 3.8) is 0 Å². The Balaban J connectivity index is 2.44. The monoisotopic (exact) mass is 300 g/mol. The maximum absolute atomic E-state index is 13.4. The van der Waals surface area contributed by atoms with Gasteiger partial charge >= 0.3 is 0 Å². The Labute approximate surface area is 115 Å². The van der Waals surface area contributed by atoms with Crippen LogP contribution in [0.5, 0.6) is 0 Å². The minimum atomic E-state index is -3.99. The number of nitrogens with two attached hydrogens (primary N) is 1. The van der Waals surface area contributed by atoms with Crippen LogP contribution < -0.4 is 10.5 Å². The summed E-state index contributed by atoms with van der Waals surface area (Å²) in [6.45, 7) is 0. The molecule has 2 aromatic carbocycles. The van der Waals surface area contributed by atoms with E-state index in [0.717, 1.165) is 6.07 Å². The molecule has 0 saturated carbocycles. The number of rotatable bonds is 3. The fourth-order valence-electron chi connectivity index (χ4n) is 1.48. The van der Waals surface area contributed by atoms with Gasteiger partial charge < -0.3 is 5.73 Å². The lowest BCUT2D eigenvalue weighted by molar-refractivity contribution is 0.599. The number of para-hydroxylation sites is 1. The molecule has 0 unspecified atom stereocenters. The zero-order valence-electron chi connectivity index (χ0n) is 9.60. The molecular weight excluding hydrogens is 291 g/mol. The van der Waals surface area contributed by atoms with Gasteiger partial charge in [-0.15, -0.1) is 0 Å². The topological polar surface area (TPSA) is 72.2 Å². The van der Waals surface area contributed by atoms with Gasteiger partial charge in [-0.3, -0.25) is 4.72 Å². The van der Waals surface area contributed by atoms with Gasteiger partial charge in [0, 0.05) is 5.02 Å². The molecule has 0 radical (unpaired) electrons. The van der Waals surface area contributed by atoms with E-state index in [2.05, 4.69) is 4.72 Å². The molecule has 0 aliphatic carbocycles. The Morgan fingerprint density at radius 1 is 1.16 bits per heavy atom. The molecule has 3 N–H and O–H groups in total. The quantitative estimate of drug-likeness (QED) is 0.856. The van der Waals surface area contributed by atoms with Crippen LogP contribution in [0.1, 0.15) is 0 Å². The molecule has 100 valence electrons. The van der Waals surface area contributed by atoms with Crippen molar-refractivity contribution in [2.24, 2.45) is 0 Å². The van der Waals surface area contributed by atoms with E-state index in [4.69, 9.17) is 17.3 Å². The second-order valence-corrected chi connectivity index (χ2v) is 5.85. The van der Waals surface area contributed by atoms with Gasteiger partial charge in [-0.1, -0.05) is 23.7 Å². The Kier molecular flexibility index (Phi) is 3.64. The van der Waals surface area contributed by atoms with Crippen LogP contribution in [0.2, 0.25) is 5.02 Å². The maximum Gasteiger partial charge on any atom is 0.264 e. The number of sulfonamides is 1. The largest absolute Gasteiger partial charge is 0.398 e. The molecule has 0 atom stereocenters. The molecule has 0 aromatic heterocycles. The highest BCUT2D eigenvalue weighted by molar-refractivity contribution is 7.92. The van der Waals surface area contributed by atoms with Crippen LogP contribution in [0.15, 0.2) is 47.4 Å². The van der Waals surface area contributed by atoms with E-state index in [1.807, 2.05) is 0 Å².